The Kier molecular flexibility index (Phi) is 23.8. The van der Waals surface area contributed by atoms with E-state index in [-0.39, 0.29) is 33.8 Å². The fourth-order valence-corrected chi connectivity index (χ4v) is 12.0. The van der Waals surface area contributed by atoms with Gasteiger partial charge in [0.25, 0.3) is 0 Å². The van der Waals surface area contributed by atoms with E-state index in [2.05, 4.69) is 83.4 Å². The van der Waals surface area contributed by atoms with Gasteiger partial charge in [-0.15, -0.1) is 0 Å². The van der Waals surface area contributed by atoms with E-state index < -0.39 is 20.2 Å². The van der Waals surface area contributed by atoms with Crippen LogP contribution in [0, 0.1) is 20.8 Å². The van der Waals surface area contributed by atoms with Gasteiger partial charge in [0.05, 0.1) is 112 Å². The molecule has 8 rings (SSSR count). The molecule has 2 aliphatic rings. The number of aryl methyl sites for hydroxylation is 3. The number of carbonyl (C=O) groups is 2. The number of unbranched alkanes of at least 4 members (excludes halogenated alkanes) is 2. The maximum atomic E-state index is 13.2. The fourth-order valence-electron chi connectivity index (χ4n) is 11.0. The summed E-state index contributed by atoms with van der Waals surface area (Å²) < 4.78 is 103. The lowest BCUT2D eigenvalue weighted by atomic mass is 9.84. The minimum atomic E-state index is -4.25. The third kappa shape index (κ3) is 18.0. The van der Waals surface area contributed by atoms with Crippen LogP contribution in [0.4, 0.5) is 0 Å². The molecule has 0 bridgehead atoms. The minimum absolute atomic E-state index is 0.0525. The van der Waals surface area contributed by atoms with Gasteiger partial charge >= 0.3 is 11.9 Å². The van der Waals surface area contributed by atoms with Crippen molar-refractivity contribution in [3.8, 4) is 28.7 Å². The molecule has 0 fully saturated rings. The van der Waals surface area contributed by atoms with E-state index in [0.717, 1.165) is 73.0 Å². The second-order valence-electron chi connectivity index (χ2n) is 21.9. The van der Waals surface area contributed by atoms with E-state index in [4.69, 9.17) is 33.2 Å². The van der Waals surface area contributed by atoms with Crippen LogP contribution in [0.5, 0.6) is 28.7 Å². The summed E-state index contributed by atoms with van der Waals surface area (Å²) in [5.74, 6) is 3.32. The van der Waals surface area contributed by atoms with Crippen molar-refractivity contribution in [2.45, 2.75) is 100 Å². The first kappa shape index (κ1) is 66.1. The fraction of sp³-hybridized carbons (Fsp3) is 0.415. The number of quaternary nitrogens is 2. The molecule has 0 spiro atoms. The maximum absolute atomic E-state index is 13.2. The smallest absolute Gasteiger partial charge is 0.311 e. The molecule has 0 N–H and O–H groups in total. The second-order valence-corrected chi connectivity index (χ2v) is 24.6. The molecule has 2 aliphatic heterocycles. The van der Waals surface area contributed by atoms with Gasteiger partial charge in [-0.25, -0.2) is 16.8 Å². The molecule has 0 unspecified atom stereocenters. The van der Waals surface area contributed by atoms with Gasteiger partial charge in [0.2, 0.25) is 0 Å². The first-order chi connectivity index (χ1) is 39.9. The van der Waals surface area contributed by atoms with Gasteiger partial charge in [-0.3, -0.25) is 9.59 Å². The standard InChI is InChI=1S/C53H72N2O9.2C6H6O3S/c1-36-14-15-39(32-48(36)59-7)30-45-43-29-38(3)37(2)28-41(43)18-22-54(45,4)24-20-52(56)63-26-12-11-13-27-64-53(57)21-25-55(5)23-19-42-34-50(61-9)51(62-10)35-44(42)46(55)31-40-16-17-47(58-6)49(33-40)60-8;2*7-10(8,9)6-4-2-1-3-5-6/h14-17,28-29,32-35,45-46H,11-13,18-27,30-31H2,1-10H3;2*1-5H,(H,7,8,9)/q+2;;/p-2/t45-,46-,54-,55-;;/m1../s1. The van der Waals surface area contributed by atoms with Crippen molar-refractivity contribution in [3.63, 3.8) is 0 Å². The van der Waals surface area contributed by atoms with E-state index in [1.807, 2.05) is 12.1 Å². The Hall–Kier alpha value is -7.00. The summed E-state index contributed by atoms with van der Waals surface area (Å²) in [6.07, 6.45) is 6.34. The van der Waals surface area contributed by atoms with E-state index in [0.29, 0.717) is 73.0 Å². The van der Waals surface area contributed by atoms with Gasteiger partial charge in [0, 0.05) is 36.8 Å². The number of methoxy groups -OCH3 is 5. The first-order valence-corrected chi connectivity index (χ1v) is 31.0. The number of rotatable bonds is 23. The third-order valence-electron chi connectivity index (χ3n) is 16.2. The van der Waals surface area contributed by atoms with Crippen molar-refractivity contribution >= 4 is 32.2 Å². The molecule has 0 saturated carbocycles. The van der Waals surface area contributed by atoms with Gasteiger partial charge in [0.1, 0.15) is 38.1 Å². The summed E-state index contributed by atoms with van der Waals surface area (Å²) in [6.45, 7) is 10.3. The highest BCUT2D eigenvalue weighted by atomic mass is 32.2. The first-order valence-electron chi connectivity index (χ1n) is 28.2. The average molecular weight is 1200 g/mol. The number of nitrogens with zero attached hydrogens (tertiary/aromatic N) is 2. The number of fused-ring (bicyclic) bond motifs is 2. The normalized spacial score (nSPS) is 18.0. The summed E-state index contributed by atoms with van der Waals surface area (Å²) in [5.41, 5.74) is 11.3. The Morgan fingerprint density at radius 2 is 0.881 bits per heavy atom. The van der Waals surface area contributed by atoms with Crippen molar-refractivity contribution in [1.82, 2.24) is 0 Å². The van der Waals surface area contributed by atoms with E-state index in [9.17, 15) is 35.5 Å². The molecule has 17 nitrogen and oxygen atoms in total. The van der Waals surface area contributed by atoms with E-state index in [1.54, 1.807) is 47.7 Å². The van der Waals surface area contributed by atoms with Crippen LogP contribution in [0.3, 0.4) is 0 Å². The Bertz CT molecular complexity index is 3330. The Balaban J connectivity index is 0.000000473. The number of ether oxygens (including phenoxy) is 7. The maximum Gasteiger partial charge on any atom is 0.311 e. The Morgan fingerprint density at radius 1 is 0.476 bits per heavy atom. The summed E-state index contributed by atoms with van der Waals surface area (Å²) in [5, 5.41) is 0. The number of benzene rings is 6. The largest absolute Gasteiger partial charge is 0.744 e. The summed E-state index contributed by atoms with van der Waals surface area (Å²) in [7, 11) is 4.35. The van der Waals surface area contributed by atoms with Crippen molar-refractivity contribution in [1.29, 1.82) is 0 Å². The van der Waals surface area contributed by atoms with Gasteiger partial charge < -0.3 is 51.2 Å². The molecule has 84 heavy (non-hydrogen) atoms. The zero-order valence-corrected chi connectivity index (χ0v) is 51.8. The molecule has 0 aromatic heterocycles. The Labute approximate surface area is 497 Å². The molecule has 2 heterocycles. The molecular weight excluding hydrogens is 1110 g/mol. The molecule has 6 aromatic rings. The van der Waals surface area contributed by atoms with Crippen molar-refractivity contribution in [3.05, 3.63) is 171 Å². The minimum Gasteiger partial charge on any atom is -0.744 e. The van der Waals surface area contributed by atoms with Crippen LogP contribution in [0.2, 0.25) is 0 Å². The van der Waals surface area contributed by atoms with Gasteiger partial charge in [-0.05, 0) is 140 Å². The highest BCUT2D eigenvalue weighted by molar-refractivity contribution is 7.86. The van der Waals surface area contributed by atoms with Gasteiger partial charge in [0.15, 0.2) is 23.0 Å². The second kappa shape index (κ2) is 30.2. The quantitative estimate of drug-likeness (QED) is 0.0253. The summed E-state index contributed by atoms with van der Waals surface area (Å²) in [4.78, 5) is 25.9. The molecule has 454 valence electrons. The molecule has 0 radical (unpaired) electrons. The Morgan fingerprint density at radius 3 is 1.33 bits per heavy atom. The monoisotopic (exact) mass is 1190 g/mol. The van der Waals surface area contributed by atoms with Crippen LogP contribution in [-0.2, 0) is 65.0 Å². The topological polar surface area (TPSA) is 213 Å². The number of esters is 2. The lowest BCUT2D eigenvalue weighted by Gasteiger charge is -2.46. The molecule has 4 atom stereocenters. The number of hydrogen-bond acceptors (Lipinski definition) is 15. The number of hydrogen-bond donors (Lipinski definition) is 0. The molecule has 6 aromatic carbocycles. The zero-order valence-electron chi connectivity index (χ0n) is 50.1. The molecular formula is C65H82N2O15S2. The van der Waals surface area contributed by atoms with E-state index in [1.165, 1.54) is 87.5 Å². The lowest BCUT2D eigenvalue weighted by molar-refractivity contribution is -0.940. The van der Waals surface area contributed by atoms with Crippen molar-refractivity contribution < 1.29 is 77.7 Å². The van der Waals surface area contributed by atoms with Crippen LogP contribution < -0.4 is 23.7 Å². The predicted molar refractivity (Wildman–Crippen MR) is 319 cm³/mol. The van der Waals surface area contributed by atoms with Crippen LogP contribution in [-0.4, -0.2) is 136 Å². The molecule has 0 aliphatic carbocycles. The number of carbonyl (C=O) groups excluding carboxylic acids is 2. The van der Waals surface area contributed by atoms with Crippen molar-refractivity contribution in [2.24, 2.45) is 0 Å². The summed E-state index contributed by atoms with van der Waals surface area (Å²) >= 11 is 0. The third-order valence-corrected chi connectivity index (χ3v) is 17.9. The SMILES string of the molecule is COc1cc(C[C@@H]2c3cc(C)c(C)cc3CC[N@+]2(C)CCC(=O)OCCCCCOC(=O)CC[N@@+]2(C)CCc3cc(OC)c(OC)cc3[C@H]2Cc2ccc(OC)c(OC)c2)ccc1C.O=S(=O)([O-])c1ccccc1.O=S(=O)([O-])c1ccccc1. The van der Waals surface area contributed by atoms with Gasteiger partial charge in [-0.2, -0.15) is 0 Å². The average Bonchev–Trinajstić information content (AvgIpc) is 1.23. The predicted octanol–water partition coefficient (Wildman–Crippen LogP) is 10.1. The highest BCUT2D eigenvalue weighted by Crippen LogP contribution is 2.44. The van der Waals surface area contributed by atoms with Crippen LogP contribution in [0.25, 0.3) is 0 Å². The lowest BCUT2D eigenvalue weighted by Crippen LogP contribution is -2.53. The summed E-state index contributed by atoms with van der Waals surface area (Å²) in [6, 6.07) is 36.1. The van der Waals surface area contributed by atoms with Gasteiger partial charge in [-0.1, -0.05) is 60.7 Å². The van der Waals surface area contributed by atoms with Crippen LogP contribution in [0.15, 0.2) is 131 Å². The zero-order chi connectivity index (χ0) is 61.2. The van der Waals surface area contributed by atoms with Crippen molar-refractivity contribution in [2.75, 3.05) is 89.0 Å². The van der Waals surface area contributed by atoms with E-state index >= 15 is 0 Å². The highest BCUT2D eigenvalue weighted by Gasteiger charge is 2.42. The number of likely N-dealkylation sites (N-methyl/N-ethyl adjacent to an activating group) is 2. The molecule has 0 saturated heterocycles. The van der Waals surface area contributed by atoms with Crippen LogP contribution >= 0.6 is 0 Å². The molecule has 19 heteroatoms. The van der Waals surface area contributed by atoms with Crippen LogP contribution in [0.1, 0.15) is 94.3 Å². The molecule has 0 amide bonds.